The smallest absolute Gasteiger partial charge is 0.252 e. The Bertz CT molecular complexity index is 590. The summed E-state index contributed by atoms with van der Waals surface area (Å²) in [7, 11) is -3.22. The molecule has 1 amide bonds. The molecule has 0 aliphatic rings. The Morgan fingerprint density at radius 3 is 2.62 bits per heavy atom. The van der Waals surface area contributed by atoms with E-state index < -0.39 is 10.0 Å². The number of nitrogens with zero attached hydrogens (tertiary/aromatic N) is 2. The number of amides is 1. The van der Waals surface area contributed by atoms with Gasteiger partial charge >= 0.3 is 0 Å². The molecule has 1 aromatic heterocycles. The molecule has 21 heavy (non-hydrogen) atoms. The van der Waals surface area contributed by atoms with Gasteiger partial charge in [0.2, 0.25) is 10.0 Å². The highest BCUT2D eigenvalue weighted by molar-refractivity contribution is 9.10. The maximum atomic E-state index is 11.9. The summed E-state index contributed by atoms with van der Waals surface area (Å²) in [6.45, 7) is 4.44. The van der Waals surface area contributed by atoms with Crippen LogP contribution >= 0.6 is 15.9 Å². The van der Waals surface area contributed by atoms with Crippen molar-refractivity contribution in [1.82, 2.24) is 14.6 Å². The van der Waals surface area contributed by atoms with Crippen LogP contribution in [0.1, 0.15) is 30.6 Å². The van der Waals surface area contributed by atoms with Gasteiger partial charge in [-0.3, -0.25) is 9.78 Å². The van der Waals surface area contributed by atoms with E-state index in [4.69, 9.17) is 0 Å². The normalized spacial score (nSPS) is 11.9. The maximum absolute atomic E-state index is 11.9. The number of rotatable bonds is 7. The summed E-state index contributed by atoms with van der Waals surface area (Å²) in [5.74, 6) is -0.223. The molecule has 1 N–H and O–H groups in total. The Hall–Kier alpha value is -0.990. The minimum atomic E-state index is -3.22. The van der Waals surface area contributed by atoms with E-state index in [1.807, 2.05) is 13.8 Å². The lowest BCUT2D eigenvalue weighted by Crippen LogP contribution is -2.38. The SMILES string of the molecule is CC(C)N(CCCNC(=O)c1cncc(Br)c1)S(C)(=O)=O. The molecule has 6 nitrogen and oxygen atoms in total. The number of pyridine rings is 1. The van der Waals surface area contributed by atoms with Gasteiger partial charge in [0, 0.05) is 36.0 Å². The van der Waals surface area contributed by atoms with Gasteiger partial charge in [-0.15, -0.1) is 0 Å². The Morgan fingerprint density at radius 2 is 2.10 bits per heavy atom. The molecule has 8 heteroatoms. The van der Waals surface area contributed by atoms with Gasteiger partial charge in [0.25, 0.3) is 5.91 Å². The van der Waals surface area contributed by atoms with Crippen molar-refractivity contribution >= 4 is 31.9 Å². The summed E-state index contributed by atoms with van der Waals surface area (Å²) in [6, 6.07) is 1.59. The minimum absolute atomic E-state index is 0.0926. The van der Waals surface area contributed by atoms with Crippen LogP contribution in [0.2, 0.25) is 0 Å². The minimum Gasteiger partial charge on any atom is -0.352 e. The lowest BCUT2D eigenvalue weighted by molar-refractivity contribution is 0.0952. The number of carbonyl (C=O) groups excluding carboxylic acids is 1. The van der Waals surface area contributed by atoms with Crippen LogP contribution in [-0.4, -0.2) is 49.0 Å². The lowest BCUT2D eigenvalue weighted by Gasteiger charge is -2.23. The summed E-state index contributed by atoms with van der Waals surface area (Å²) in [4.78, 5) is 15.8. The zero-order chi connectivity index (χ0) is 16.0. The van der Waals surface area contributed by atoms with Gasteiger partial charge in [0.1, 0.15) is 0 Å². The summed E-state index contributed by atoms with van der Waals surface area (Å²) in [5.41, 5.74) is 0.466. The molecular weight excluding hydrogens is 358 g/mol. The van der Waals surface area contributed by atoms with Crippen molar-refractivity contribution in [3.63, 3.8) is 0 Å². The maximum Gasteiger partial charge on any atom is 0.252 e. The van der Waals surface area contributed by atoms with Crippen LogP contribution in [0.3, 0.4) is 0 Å². The first-order chi connectivity index (χ1) is 9.71. The highest BCUT2D eigenvalue weighted by Crippen LogP contribution is 2.09. The van der Waals surface area contributed by atoms with E-state index >= 15 is 0 Å². The van der Waals surface area contributed by atoms with Crippen LogP contribution in [-0.2, 0) is 10.0 Å². The number of nitrogens with one attached hydrogen (secondary N) is 1. The second-order valence-corrected chi connectivity index (χ2v) is 7.82. The molecule has 0 spiro atoms. The molecule has 1 aromatic rings. The van der Waals surface area contributed by atoms with Crippen molar-refractivity contribution in [2.75, 3.05) is 19.3 Å². The largest absolute Gasteiger partial charge is 0.352 e. The Labute approximate surface area is 134 Å². The van der Waals surface area contributed by atoms with Gasteiger partial charge in [-0.1, -0.05) is 0 Å². The summed E-state index contributed by atoms with van der Waals surface area (Å²) in [6.07, 6.45) is 4.83. The van der Waals surface area contributed by atoms with Crippen LogP contribution in [0.25, 0.3) is 0 Å². The molecule has 0 atom stereocenters. The molecule has 0 aromatic carbocycles. The van der Waals surface area contributed by atoms with E-state index in [2.05, 4.69) is 26.2 Å². The first-order valence-corrected chi connectivity index (χ1v) is 9.21. The highest BCUT2D eigenvalue weighted by Gasteiger charge is 2.19. The van der Waals surface area contributed by atoms with Crippen molar-refractivity contribution in [3.05, 3.63) is 28.5 Å². The Morgan fingerprint density at radius 1 is 1.43 bits per heavy atom. The standard InChI is InChI=1S/C13H20BrN3O3S/c1-10(2)17(21(3,19)20)6-4-5-16-13(18)11-7-12(14)9-15-8-11/h7-10H,4-6H2,1-3H3,(H,16,18). The van der Waals surface area contributed by atoms with Gasteiger partial charge in [-0.25, -0.2) is 8.42 Å². The highest BCUT2D eigenvalue weighted by atomic mass is 79.9. The fourth-order valence-corrected chi connectivity index (χ4v) is 3.47. The molecule has 0 radical (unpaired) electrons. The van der Waals surface area contributed by atoms with Crippen LogP contribution in [0, 0.1) is 0 Å². The third-order valence-electron chi connectivity index (χ3n) is 2.81. The van der Waals surface area contributed by atoms with Crippen molar-refractivity contribution < 1.29 is 13.2 Å². The fourth-order valence-electron chi connectivity index (χ4n) is 1.88. The molecule has 1 rings (SSSR count). The molecule has 118 valence electrons. The van der Waals surface area contributed by atoms with Crippen LogP contribution in [0.15, 0.2) is 22.9 Å². The first-order valence-electron chi connectivity index (χ1n) is 6.57. The van der Waals surface area contributed by atoms with Crippen molar-refractivity contribution in [2.24, 2.45) is 0 Å². The third-order valence-corrected chi connectivity index (χ3v) is 4.70. The number of hydrogen-bond acceptors (Lipinski definition) is 4. The number of hydrogen-bond donors (Lipinski definition) is 1. The van der Waals surface area contributed by atoms with Crippen LogP contribution < -0.4 is 5.32 Å². The molecule has 0 aliphatic heterocycles. The van der Waals surface area contributed by atoms with Crippen molar-refractivity contribution in [3.8, 4) is 0 Å². The van der Waals surface area contributed by atoms with E-state index in [1.54, 1.807) is 12.3 Å². The Balaban J connectivity index is 2.45. The summed E-state index contributed by atoms with van der Waals surface area (Å²) in [5, 5.41) is 2.75. The van der Waals surface area contributed by atoms with Crippen LogP contribution in [0.4, 0.5) is 0 Å². The molecule has 0 aliphatic carbocycles. The Kier molecular flexibility index (Phi) is 6.76. The molecule has 0 saturated carbocycles. The second kappa shape index (κ2) is 7.86. The van der Waals surface area contributed by atoms with Gasteiger partial charge in [0.15, 0.2) is 0 Å². The monoisotopic (exact) mass is 377 g/mol. The molecular formula is C13H20BrN3O3S. The molecule has 0 saturated heterocycles. The van der Waals surface area contributed by atoms with E-state index in [0.29, 0.717) is 25.1 Å². The third kappa shape index (κ3) is 6.11. The average Bonchev–Trinajstić information content (AvgIpc) is 2.36. The van der Waals surface area contributed by atoms with Crippen molar-refractivity contribution in [2.45, 2.75) is 26.3 Å². The molecule has 0 unspecified atom stereocenters. The second-order valence-electron chi connectivity index (χ2n) is 4.97. The predicted octanol–water partition coefficient (Wildman–Crippen LogP) is 1.63. The first kappa shape index (κ1) is 18.1. The number of carbonyl (C=O) groups is 1. The van der Waals surface area contributed by atoms with Gasteiger partial charge in [-0.05, 0) is 42.3 Å². The quantitative estimate of drug-likeness (QED) is 0.732. The summed E-state index contributed by atoms with van der Waals surface area (Å²) < 4.78 is 25.3. The number of aromatic nitrogens is 1. The topological polar surface area (TPSA) is 79.4 Å². The predicted molar refractivity (Wildman–Crippen MR) is 85.6 cm³/mol. The average molecular weight is 378 g/mol. The number of halogens is 1. The van der Waals surface area contributed by atoms with Gasteiger partial charge in [-0.2, -0.15) is 4.31 Å². The van der Waals surface area contributed by atoms with E-state index in [-0.39, 0.29) is 11.9 Å². The zero-order valence-electron chi connectivity index (χ0n) is 12.3. The molecule has 0 bridgehead atoms. The van der Waals surface area contributed by atoms with Gasteiger partial charge in [0.05, 0.1) is 11.8 Å². The van der Waals surface area contributed by atoms with E-state index in [0.717, 1.165) is 4.47 Å². The van der Waals surface area contributed by atoms with E-state index in [9.17, 15) is 13.2 Å². The van der Waals surface area contributed by atoms with E-state index in [1.165, 1.54) is 16.8 Å². The fraction of sp³-hybridized carbons (Fsp3) is 0.538. The molecule has 0 fully saturated rings. The van der Waals surface area contributed by atoms with Crippen LogP contribution in [0.5, 0.6) is 0 Å². The lowest BCUT2D eigenvalue weighted by atomic mass is 10.2. The number of sulfonamides is 1. The van der Waals surface area contributed by atoms with Gasteiger partial charge < -0.3 is 5.32 Å². The summed E-state index contributed by atoms with van der Waals surface area (Å²) >= 11 is 3.25. The molecule has 1 heterocycles. The zero-order valence-corrected chi connectivity index (χ0v) is 14.7. The van der Waals surface area contributed by atoms with Crippen molar-refractivity contribution in [1.29, 1.82) is 0 Å².